The summed E-state index contributed by atoms with van der Waals surface area (Å²) in [5.41, 5.74) is 2.33. The summed E-state index contributed by atoms with van der Waals surface area (Å²) in [6, 6.07) is 14.0. The van der Waals surface area contributed by atoms with Gasteiger partial charge in [-0.05, 0) is 43.1 Å². The summed E-state index contributed by atoms with van der Waals surface area (Å²) in [6.45, 7) is 9.00. The molecule has 2 aromatic rings. The molecule has 0 saturated heterocycles. The van der Waals surface area contributed by atoms with E-state index < -0.39 is 0 Å². The normalized spacial score (nSPS) is 18.7. The van der Waals surface area contributed by atoms with E-state index in [0.717, 1.165) is 24.8 Å². The van der Waals surface area contributed by atoms with Crippen LogP contribution in [0.4, 0.5) is 0 Å². The van der Waals surface area contributed by atoms with Crippen LogP contribution in [-0.4, -0.2) is 10.1 Å². The largest absolute Gasteiger partial charge is 0.394 e. The number of pyridine rings is 1. The van der Waals surface area contributed by atoms with Crippen molar-refractivity contribution in [2.45, 2.75) is 52.6 Å². The Morgan fingerprint density at radius 1 is 1.15 bits per heavy atom. The number of hydrogen-bond acceptors (Lipinski definition) is 2. The molecule has 26 heavy (non-hydrogen) atoms. The standard InChI is InChI=1S/C18H20NO.C2H6.C2H5.V.W/c20-18(16-6-2-1-3-7-16)17-9-8-14(12-17)11-15-5-4-10-19-13-15;2*1-2;;/h1-7,13-14,17-18,20H,8-9,11-12H2;1-2H3;1H2,2H3;;/q-1;;-1;;/t14-,17-,18+;;;;/m0..../s1. The quantitative estimate of drug-likeness (QED) is 0.506. The smallest absolute Gasteiger partial charge is 0.0818 e. The van der Waals surface area contributed by atoms with Gasteiger partial charge in [0.15, 0.2) is 0 Å². The van der Waals surface area contributed by atoms with Gasteiger partial charge >= 0.3 is 0 Å². The molecule has 0 unspecified atom stereocenters. The summed E-state index contributed by atoms with van der Waals surface area (Å²) in [4.78, 5) is 4.05. The Morgan fingerprint density at radius 2 is 1.81 bits per heavy atom. The summed E-state index contributed by atoms with van der Waals surface area (Å²) in [5.74, 6) is 1.06. The number of nitrogens with zero attached hydrogens (tertiary/aromatic N) is 1. The molecule has 0 spiro atoms. The molecule has 0 aliphatic heterocycles. The maximum atomic E-state index is 10.5. The molecule has 1 fully saturated rings. The van der Waals surface area contributed by atoms with Crippen LogP contribution < -0.4 is 0 Å². The molecule has 0 amide bonds. The van der Waals surface area contributed by atoms with Gasteiger partial charge in [-0.15, -0.1) is 5.56 Å². The van der Waals surface area contributed by atoms with E-state index in [9.17, 15) is 5.11 Å². The summed E-state index contributed by atoms with van der Waals surface area (Å²) in [6.07, 6.45) is 8.90. The van der Waals surface area contributed by atoms with Gasteiger partial charge in [-0.3, -0.25) is 0 Å². The van der Waals surface area contributed by atoms with Crippen molar-refractivity contribution >= 4 is 0 Å². The monoisotopic (exact) mass is 560 g/mol. The average Bonchev–Trinajstić information content (AvgIpc) is 3.14. The first-order chi connectivity index (χ1) is 11.8. The Bertz CT molecular complexity index is 538. The number of aliphatic hydroxyl groups excluding tert-OH is 1. The van der Waals surface area contributed by atoms with Crippen molar-refractivity contribution in [3.05, 3.63) is 72.9 Å². The van der Waals surface area contributed by atoms with Crippen molar-refractivity contribution in [2.24, 2.45) is 11.8 Å². The van der Waals surface area contributed by atoms with Crippen LogP contribution in [-0.2, 0) is 46.0 Å². The first-order valence-corrected chi connectivity index (χ1v) is 9.07. The van der Waals surface area contributed by atoms with Crippen LogP contribution in [0.1, 0.15) is 57.3 Å². The van der Waals surface area contributed by atoms with Gasteiger partial charge in [0.1, 0.15) is 0 Å². The van der Waals surface area contributed by atoms with E-state index >= 15 is 0 Å². The second-order valence-electron chi connectivity index (χ2n) is 5.79. The van der Waals surface area contributed by atoms with Gasteiger partial charge in [0, 0.05) is 39.6 Å². The van der Waals surface area contributed by atoms with Gasteiger partial charge < -0.3 is 17.0 Å². The molecule has 3 atom stereocenters. The SMILES string of the molecule is CC.O[C@H](c1ccccc1)[C@H]1CC[C@@H](Cc2cc[c-]nc2)C1.[CH2-]C.[V].[W]. The first-order valence-electron chi connectivity index (χ1n) is 9.07. The average molecular weight is 560 g/mol. The molecule has 0 bridgehead atoms. The Hall–Kier alpha value is -0.397. The van der Waals surface area contributed by atoms with E-state index in [4.69, 9.17) is 0 Å². The second kappa shape index (κ2) is 16.8. The summed E-state index contributed by atoms with van der Waals surface area (Å²) < 4.78 is 0. The van der Waals surface area contributed by atoms with Crippen LogP contribution in [0.15, 0.2) is 48.7 Å². The fourth-order valence-electron chi connectivity index (χ4n) is 3.31. The molecule has 4 heteroatoms. The van der Waals surface area contributed by atoms with Crippen molar-refractivity contribution in [1.29, 1.82) is 0 Å². The van der Waals surface area contributed by atoms with Gasteiger partial charge in [0.25, 0.3) is 0 Å². The van der Waals surface area contributed by atoms with Crippen LogP contribution in [0.5, 0.6) is 0 Å². The first kappa shape index (κ1) is 27.8. The van der Waals surface area contributed by atoms with Gasteiger partial charge in [-0.2, -0.15) is 19.1 Å². The molecule has 1 aromatic heterocycles. The van der Waals surface area contributed by atoms with Crippen LogP contribution in [0, 0.1) is 25.0 Å². The summed E-state index contributed by atoms with van der Waals surface area (Å²) >= 11 is 0. The topological polar surface area (TPSA) is 33.1 Å². The summed E-state index contributed by atoms with van der Waals surface area (Å²) in [5, 5.41) is 10.5. The van der Waals surface area contributed by atoms with Gasteiger partial charge in [0.2, 0.25) is 0 Å². The Labute approximate surface area is 186 Å². The molecule has 1 radical (unpaired) electrons. The molecule has 1 heterocycles. The van der Waals surface area contributed by atoms with Crippen LogP contribution >= 0.6 is 0 Å². The third-order valence-corrected chi connectivity index (χ3v) is 4.37. The van der Waals surface area contributed by atoms with Crippen LogP contribution in [0.3, 0.4) is 0 Å². The van der Waals surface area contributed by atoms with Crippen molar-refractivity contribution in [3.8, 4) is 0 Å². The molecule has 1 N–H and O–H groups in total. The van der Waals surface area contributed by atoms with E-state index in [-0.39, 0.29) is 45.7 Å². The molecule has 1 aliphatic rings. The molecular formula is C22H31NOVW-2. The van der Waals surface area contributed by atoms with Gasteiger partial charge in [-0.1, -0.05) is 56.6 Å². The number of benzene rings is 1. The number of aliphatic hydroxyl groups is 1. The fraction of sp³-hybridized carbons (Fsp3) is 0.455. The zero-order valence-corrected chi connectivity index (χ0v) is 20.5. The Balaban J connectivity index is 0. The third-order valence-electron chi connectivity index (χ3n) is 4.37. The van der Waals surface area contributed by atoms with Gasteiger partial charge in [-0.25, -0.2) is 0 Å². The van der Waals surface area contributed by atoms with Crippen molar-refractivity contribution in [3.63, 3.8) is 0 Å². The Morgan fingerprint density at radius 3 is 2.38 bits per heavy atom. The molecule has 1 saturated carbocycles. The van der Waals surface area contributed by atoms with E-state index in [1.54, 1.807) is 6.92 Å². The van der Waals surface area contributed by atoms with Crippen LogP contribution in [0.25, 0.3) is 0 Å². The van der Waals surface area contributed by atoms with Crippen molar-refractivity contribution in [2.75, 3.05) is 0 Å². The fourth-order valence-corrected chi connectivity index (χ4v) is 3.31. The number of hydrogen-bond donors (Lipinski definition) is 1. The molecule has 1 aliphatic carbocycles. The minimum Gasteiger partial charge on any atom is -0.394 e. The number of rotatable bonds is 4. The molecule has 2 nitrogen and oxygen atoms in total. The van der Waals surface area contributed by atoms with Gasteiger partial charge in [0.05, 0.1) is 6.10 Å². The van der Waals surface area contributed by atoms with Crippen molar-refractivity contribution < 1.29 is 44.7 Å². The second-order valence-corrected chi connectivity index (χ2v) is 5.79. The minimum absolute atomic E-state index is 0. The zero-order valence-electron chi connectivity index (χ0n) is 16.1. The zero-order chi connectivity index (χ0) is 17.8. The maximum Gasteiger partial charge on any atom is 0.0818 e. The maximum absolute atomic E-state index is 10.5. The van der Waals surface area contributed by atoms with Crippen LogP contribution in [0.2, 0.25) is 0 Å². The van der Waals surface area contributed by atoms with E-state index in [2.05, 4.69) is 24.2 Å². The van der Waals surface area contributed by atoms with E-state index in [0.29, 0.717) is 11.8 Å². The Kier molecular flexibility index (Phi) is 17.9. The third kappa shape index (κ3) is 9.00. The minimum atomic E-state index is -0.316. The summed E-state index contributed by atoms with van der Waals surface area (Å²) in [7, 11) is 0. The molecule has 3 rings (SSSR count). The molecule has 143 valence electrons. The number of aromatic nitrogens is 1. The predicted molar refractivity (Wildman–Crippen MR) is 101 cm³/mol. The predicted octanol–water partition coefficient (Wildman–Crippen LogP) is 5.44. The molecular weight excluding hydrogens is 529 g/mol. The molecule has 1 aromatic carbocycles. The van der Waals surface area contributed by atoms with E-state index in [1.807, 2.05) is 56.4 Å². The van der Waals surface area contributed by atoms with E-state index in [1.165, 1.54) is 12.0 Å². The van der Waals surface area contributed by atoms with Crippen molar-refractivity contribution in [1.82, 2.24) is 4.98 Å².